The molecular formula is C25H16Cl4F2N4O4. The summed E-state index contributed by atoms with van der Waals surface area (Å²) in [6.07, 6.45) is 2.17. The van der Waals surface area contributed by atoms with E-state index in [1.807, 2.05) is 0 Å². The highest BCUT2D eigenvalue weighted by molar-refractivity contribution is 6.38. The van der Waals surface area contributed by atoms with Gasteiger partial charge in [0.1, 0.15) is 11.5 Å². The molecular weight excluding hydrogens is 600 g/mol. The number of rotatable bonds is 5. The van der Waals surface area contributed by atoms with Crippen LogP contribution in [-0.4, -0.2) is 33.9 Å². The second-order valence-corrected chi connectivity index (χ2v) is 10.8. The first-order valence-corrected chi connectivity index (χ1v) is 12.7. The Morgan fingerprint density at radius 3 is 2.33 bits per heavy atom. The zero-order valence-electron chi connectivity index (χ0n) is 19.3. The summed E-state index contributed by atoms with van der Waals surface area (Å²) in [6, 6.07) is 6.71. The molecule has 0 radical (unpaired) electrons. The Kier molecular flexibility index (Phi) is 6.97. The Hall–Kier alpha value is -3.02. The van der Waals surface area contributed by atoms with E-state index in [1.54, 1.807) is 0 Å². The van der Waals surface area contributed by atoms with E-state index < -0.39 is 52.7 Å². The minimum absolute atomic E-state index is 0.00376. The van der Waals surface area contributed by atoms with Crippen molar-refractivity contribution < 1.29 is 28.3 Å². The average molecular weight is 616 g/mol. The number of carboxylic acid groups (broad SMARTS) is 1. The van der Waals surface area contributed by atoms with Crippen molar-refractivity contribution in [1.82, 2.24) is 10.3 Å². The van der Waals surface area contributed by atoms with Crippen molar-refractivity contribution in [3.05, 3.63) is 86.1 Å². The predicted octanol–water partition coefficient (Wildman–Crippen LogP) is 5.56. The number of carbonyl (C=O) groups is 3. The summed E-state index contributed by atoms with van der Waals surface area (Å²) in [5.74, 6) is -11.7. The van der Waals surface area contributed by atoms with Gasteiger partial charge in [-0.1, -0.05) is 46.4 Å². The normalized spacial score (nSPS) is 23.9. The van der Waals surface area contributed by atoms with E-state index in [0.717, 1.165) is 12.3 Å². The van der Waals surface area contributed by atoms with Gasteiger partial charge in [-0.05, 0) is 42.5 Å². The van der Waals surface area contributed by atoms with E-state index in [4.69, 9.17) is 46.4 Å². The molecule has 3 heterocycles. The van der Waals surface area contributed by atoms with Crippen molar-refractivity contribution in [2.45, 2.75) is 17.5 Å². The number of fused-ring (bicyclic) bond motifs is 2. The first-order chi connectivity index (χ1) is 18.4. The summed E-state index contributed by atoms with van der Waals surface area (Å²) in [7, 11) is 0. The highest BCUT2D eigenvalue weighted by atomic mass is 35.5. The van der Waals surface area contributed by atoms with Gasteiger partial charge in [0, 0.05) is 44.3 Å². The van der Waals surface area contributed by atoms with Gasteiger partial charge in [0.25, 0.3) is 5.92 Å². The summed E-state index contributed by atoms with van der Waals surface area (Å²) < 4.78 is 32.3. The Morgan fingerprint density at radius 2 is 1.72 bits per heavy atom. The number of aromatic nitrogens is 1. The van der Waals surface area contributed by atoms with Gasteiger partial charge in [-0.15, -0.1) is 0 Å². The Labute approximate surface area is 239 Å². The lowest BCUT2D eigenvalue weighted by molar-refractivity contribution is -0.151. The smallest absolute Gasteiger partial charge is 0.310 e. The van der Waals surface area contributed by atoms with E-state index in [0.29, 0.717) is 0 Å². The quantitative estimate of drug-likeness (QED) is 0.298. The number of amides is 2. The third-order valence-electron chi connectivity index (χ3n) is 6.78. The van der Waals surface area contributed by atoms with Gasteiger partial charge in [-0.2, -0.15) is 8.78 Å². The Morgan fingerprint density at radius 1 is 1.05 bits per heavy atom. The van der Waals surface area contributed by atoms with E-state index in [1.165, 1.54) is 42.6 Å². The third kappa shape index (κ3) is 4.50. The van der Waals surface area contributed by atoms with Crippen LogP contribution in [0.1, 0.15) is 11.1 Å². The minimum Gasteiger partial charge on any atom is -0.481 e. The number of aliphatic carboxylic acids is 1. The van der Waals surface area contributed by atoms with Gasteiger partial charge in [0.05, 0.1) is 22.7 Å². The molecule has 1 aromatic heterocycles. The van der Waals surface area contributed by atoms with Crippen LogP contribution in [0.2, 0.25) is 20.1 Å². The van der Waals surface area contributed by atoms with Crippen molar-refractivity contribution in [2.75, 3.05) is 10.6 Å². The van der Waals surface area contributed by atoms with E-state index in [9.17, 15) is 19.5 Å². The molecule has 5 rings (SSSR count). The van der Waals surface area contributed by atoms with Crippen LogP contribution in [0, 0.1) is 11.8 Å². The number of nitrogens with zero attached hydrogens (tertiary/aromatic N) is 1. The molecule has 0 aliphatic carbocycles. The third-order valence-corrected chi connectivity index (χ3v) is 7.73. The van der Waals surface area contributed by atoms with Crippen molar-refractivity contribution in [2.24, 2.45) is 11.8 Å². The molecule has 202 valence electrons. The maximum Gasteiger partial charge on any atom is 0.310 e. The predicted molar refractivity (Wildman–Crippen MR) is 142 cm³/mol. The molecule has 4 unspecified atom stereocenters. The fraction of sp³-hybridized carbons (Fsp3) is 0.200. The summed E-state index contributed by atoms with van der Waals surface area (Å²) in [5, 5.41) is 18.1. The molecule has 2 amide bonds. The molecule has 4 atom stereocenters. The first kappa shape index (κ1) is 27.5. The Bertz CT molecular complexity index is 1510. The molecule has 1 fully saturated rings. The molecule has 8 nitrogen and oxygen atoms in total. The van der Waals surface area contributed by atoms with Crippen molar-refractivity contribution in [3.8, 4) is 0 Å². The molecule has 14 heteroatoms. The van der Waals surface area contributed by atoms with Crippen LogP contribution in [0.3, 0.4) is 0 Å². The number of hydrogen-bond donors (Lipinski definition) is 4. The Balaban J connectivity index is 1.71. The molecule has 2 aromatic carbocycles. The molecule has 1 spiro atoms. The number of halogens is 6. The number of carbonyl (C=O) groups excluding carboxylic acids is 2. The van der Waals surface area contributed by atoms with Gasteiger partial charge in [0.2, 0.25) is 11.8 Å². The van der Waals surface area contributed by atoms with Gasteiger partial charge in [0.15, 0.2) is 0 Å². The van der Waals surface area contributed by atoms with E-state index in [2.05, 4.69) is 20.9 Å². The fourth-order valence-corrected chi connectivity index (χ4v) is 6.30. The number of nitrogens with one attached hydrogen (secondary N) is 3. The molecule has 0 bridgehead atoms. The molecule has 4 N–H and O–H groups in total. The molecule has 0 saturated carbocycles. The second kappa shape index (κ2) is 9.87. The lowest BCUT2D eigenvalue weighted by Crippen LogP contribution is -2.53. The van der Waals surface area contributed by atoms with Gasteiger partial charge >= 0.3 is 5.97 Å². The van der Waals surface area contributed by atoms with Gasteiger partial charge in [-0.25, -0.2) is 0 Å². The molecule has 2 aliphatic heterocycles. The summed E-state index contributed by atoms with van der Waals surface area (Å²) in [5.41, 5.74) is -2.98. The number of hydrogen-bond acceptors (Lipinski definition) is 5. The highest BCUT2D eigenvalue weighted by Gasteiger charge is 2.71. The lowest BCUT2D eigenvalue weighted by Gasteiger charge is -2.29. The number of pyridine rings is 1. The molecule has 2 aliphatic rings. The first-order valence-electron chi connectivity index (χ1n) is 11.2. The zero-order chi connectivity index (χ0) is 28.3. The van der Waals surface area contributed by atoms with Crippen LogP contribution in [0.15, 0.2) is 54.9 Å². The molecule has 3 aromatic rings. The van der Waals surface area contributed by atoms with Crippen LogP contribution >= 0.6 is 46.4 Å². The van der Waals surface area contributed by atoms with Crippen molar-refractivity contribution in [1.29, 1.82) is 0 Å². The average Bonchev–Trinajstić information content (AvgIpc) is 3.36. The molecule has 39 heavy (non-hydrogen) atoms. The number of benzene rings is 2. The summed E-state index contributed by atoms with van der Waals surface area (Å²) >= 11 is 24.4. The van der Waals surface area contributed by atoms with E-state index >= 15 is 8.78 Å². The maximum atomic E-state index is 16.2. The summed E-state index contributed by atoms with van der Waals surface area (Å²) in [6.45, 7) is 0. The fourth-order valence-electron chi connectivity index (χ4n) is 5.23. The largest absolute Gasteiger partial charge is 0.481 e. The van der Waals surface area contributed by atoms with Gasteiger partial charge < -0.3 is 15.7 Å². The highest BCUT2D eigenvalue weighted by Crippen LogP contribution is 2.55. The van der Waals surface area contributed by atoms with Crippen LogP contribution in [0.25, 0.3) is 0 Å². The van der Waals surface area contributed by atoms with Gasteiger partial charge in [-0.3, -0.25) is 24.7 Å². The summed E-state index contributed by atoms with van der Waals surface area (Å²) in [4.78, 5) is 43.7. The minimum atomic E-state index is -3.88. The van der Waals surface area contributed by atoms with Crippen LogP contribution in [0.4, 0.5) is 20.2 Å². The zero-order valence-corrected chi connectivity index (χ0v) is 22.3. The number of carboxylic acids is 1. The van der Waals surface area contributed by atoms with Crippen LogP contribution in [-0.2, 0) is 25.8 Å². The van der Waals surface area contributed by atoms with Crippen LogP contribution in [0.5, 0.6) is 0 Å². The maximum absolute atomic E-state index is 16.2. The second-order valence-electron chi connectivity index (χ2n) is 9.05. The van der Waals surface area contributed by atoms with E-state index in [-0.39, 0.29) is 37.0 Å². The number of anilines is 2. The SMILES string of the molecule is O=C(Nc1cc(Cl)cc(Cl)c1)C1C(C(F)(F)c2cccnc2)NC2(C(=O)Nc3c(Cl)cc(Cl)cc32)C1C(=O)O. The van der Waals surface area contributed by atoms with Crippen molar-refractivity contribution >= 4 is 75.6 Å². The monoisotopic (exact) mass is 614 g/mol. The standard InChI is InChI=1S/C25H16Cl4F2N4O4/c26-11-4-12(27)6-14(5-11)33-21(36)17-18(22(37)38)24(15-7-13(28)8-16(29)19(15)34-23(24)39)35-20(17)25(30,31)10-2-1-3-32-9-10/h1-9,17-18,20,35H,(H,33,36)(H,34,39)(H,37,38). The number of alkyl halides is 2. The topological polar surface area (TPSA) is 120 Å². The van der Waals surface area contributed by atoms with Crippen molar-refractivity contribution in [3.63, 3.8) is 0 Å². The lowest BCUT2D eigenvalue weighted by atomic mass is 9.74. The molecule has 1 saturated heterocycles. The van der Waals surface area contributed by atoms with Crippen LogP contribution < -0.4 is 16.0 Å².